The Kier molecular flexibility index (Phi) is 6.55. The summed E-state index contributed by atoms with van der Waals surface area (Å²) in [6.07, 6.45) is 0. The van der Waals surface area contributed by atoms with E-state index >= 15 is 0 Å². The molecule has 0 aliphatic carbocycles. The maximum atomic E-state index is 5.02. The van der Waals surface area contributed by atoms with Gasteiger partial charge in [0.05, 0.1) is 6.61 Å². The Labute approximate surface area is 112 Å². The Bertz CT molecular complexity index is 344. The van der Waals surface area contributed by atoms with E-state index in [1.54, 1.807) is 7.11 Å². The molecule has 0 fully saturated rings. The van der Waals surface area contributed by atoms with Crippen LogP contribution in [0.1, 0.15) is 12.5 Å². The number of rotatable bonds is 7. The van der Waals surface area contributed by atoms with Gasteiger partial charge in [-0.25, -0.2) is 0 Å². The summed E-state index contributed by atoms with van der Waals surface area (Å²) < 4.78 is 6.14. The fourth-order valence-corrected chi connectivity index (χ4v) is 2.04. The molecule has 0 bridgehead atoms. The predicted molar refractivity (Wildman–Crippen MR) is 76.7 cm³/mol. The SMILES string of the molecule is CCN(C)c1ccc(Br)cc1CNCCOC. The Morgan fingerprint density at radius 1 is 1.41 bits per heavy atom. The summed E-state index contributed by atoms with van der Waals surface area (Å²) in [6.45, 7) is 5.64. The van der Waals surface area contributed by atoms with Gasteiger partial charge in [-0.3, -0.25) is 0 Å². The second-order valence-corrected chi connectivity index (χ2v) is 4.87. The van der Waals surface area contributed by atoms with Crippen LogP contribution in [-0.2, 0) is 11.3 Å². The number of hydrogen-bond acceptors (Lipinski definition) is 3. The largest absolute Gasteiger partial charge is 0.383 e. The number of benzene rings is 1. The summed E-state index contributed by atoms with van der Waals surface area (Å²) in [4.78, 5) is 2.25. The predicted octanol–water partition coefficient (Wildman–Crippen LogP) is 2.64. The quantitative estimate of drug-likeness (QED) is 0.784. The fourth-order valence-electron chi connectivity index (χ4n) is 1.64. The van der Waals surface area contributed by atoms with Crippen molar-refractivity contribution in [2.75, 3.05) is 38.8 Å². The van der Waals surface area contributed by atoms with E-state index in [9.17, 15) is 0 Å². The standard InChI is InChI=1S/C13H21BrN2O/c1-4-16(2)13-6-5-12(14)9-11(13)10-15-7-8-17-3/h5-6,9,15H,4,7-8,10H2,1-3H3. The molecule has 0 radical (unpaired) electrons. The van der Waals surface area contributed by atoms with Gasteiger partial charge in [0.1, 0.15) is 0 Å². The lowest BCUT2D eigenvalue weighted by Gasteiger charge is -2.21. The Morgan fingerprint density at radius 3 is 2.82 bits per heavy atom. The Balaban J connectivity index is 2.69. The molecule has 0 unspecified atom stereocenters. The van der Waals surface area contributed by atoms with Gasteiger partial charge in [0.25, 0.3) is 0 Å². The molecule has 1 rings (SSSR count). The van der Waals surface area contributed by atoms with E-state index in [2.05, 4.69) is 58.3 Å². The number of ether oxygens (including phenoxy) is 1. The maximum Gasteiger partial charge on any atom is 0.0587 e. The highest BCUT2D eigenvalue weighted by atomic mass is 79.9. The number of methoxy groups -OCH3 is 1. The van der Waals surface area contributed by atoms with Gasteiger partial charge in [0.15, 0.2) is 0 Å². The van der Waals surface area contributed by atoms with Crippen LogP contribution in [0.15, 0.2) is 22.7 Å². The molecule has 3 nitrogen and oxygen atoms in total. The minimum atomic E-state index is 0.743. The first-order chi connectivity index (χ1) is 8.19. The number of anilines is 1. The minimum absolute atomic E-state index is 0.743. The zero-order valence-corrected chi connectivity index (χ0v) is 12.4. The van der Waals surface area contributed by atoms with Crippen molar-refractivity contribution in [3.05, 3.63) is 28.2 Å². The molecule has 0 aliphatic rings. The van der Waals surface area contributed by atoms with Crippen LogP contribution in [0.2, 0.25) is 0 Å². The Morgan fingerprint density at radius 2 is 2.18 bits per heavy atom. The number of nitrogens with zero attached hydrogens (tertiary/aromatic N) is 1. The molecular weight excluding hydrogens is 280 g/mol. The molecule has 0 aromatic heterocycles. The molecule has 1 aromatic carbocycles. The molecule has 1 N–H and O–H groups in total. The average Bonchev–Trinajstić information content (AvgIpc) is 2.34. The highest BCUT2D eigenvalue weighted by Gasteiger charge is 2.06. The molecule has 0 saturated carbocycles. The molecule has 0 saturated heterocycles. The van der Waals surface area contributed by atoms with Gasteiger partial charge in [0, 0.05) is 44.0 Å². The van der Waals surface area contributed by atoms with E-state index in [4.69, 9.17) is 4.74 Å². The lowest BCUT2D eigenvalue weighted by molar-refractivity contribution is 0.199. The molecule has 4 heteroatoms. The van der Waals surface area contributed by atoms with Crippen LogP contribution in [0, 0.1) is 0 Å². The van der Waals surface area contributed by atoms with Crippen LogP contribution in [0.3, 0.4) is 0 Å². The molecule has 1 aromatic rings. The molecule has 96 valence electrons. The highest BCUT2D eigenvalue weighted by Crippen LogP contribution is 2.23. The Hall–Kier alpha value is -0.580. The van der Waals surface area contributed by atoms with Crippen LogP contribution < -0.4 is 10.2 Å². The van der Waals surface area contributed by atoms with Gasteiger partial charge in [-0.1, -0.05) is 15.9 Å². The van der Waals surface area contributed by atoms with Crippen LogP contribution in [0.5, 0.6) is 0 Å². The van der Waals surface area contributed by atoms with Crippen molar-refractivity contribution in [2.45, 2.75) is 13.5 Å². The minimum Gasteiger partial charge on any atom is -0.383 e. The molecular formula is C13H21BrN2O. The van der Waals surface area contributed by atoms with Gasteiger partial charge in [-0.05, 0) is 30.7 Å². The zero-order chi connectivity index (χ0) is 12.7. The van der Waals surface area contributed by atoms with E-state index in [-0.39, 0.29) is 0 Å². The fraction of sp³-hybridized carbons (Fsp3) is 0.538. The van der Waals surface area contributed by atoms with Crippen molar-refractivity contribution in [3.8, 4) is 0 Å². The molecule has 17 heavy (non-hydrogen) atoms. The second-order valence-electron chi connectivity index (χ2n) is 3.96. The smallest absolute Gasteiger partial charge is 0.0587 e. The molecule has 0 atom stereocenters. The molecule has 0 spiro atoms. The maximum absolute atomic E-state index is 5.02. The van der Waals surface area contributed by atoms with Crippen LogP contribution in [0.25, 0.3) is 0 Å². The second kappa shape index (κ2) is 7.69. The summed E-state index contributed by atoms with van der Waals surface area (Å²) in [5.74, 6) is 0. The summed E-state index contributed by atoms with van der Waals surface area (Å²) in [5, 5.41) is 3.38. The lowest BCUT2D eigenvalue weighted by atomic mass is 10.1. The molecule has 0 aliphatic heterocycles. The van der Waals surface area contributed by atoms with E-state index in [0.717, 1.165) is 30.7 Å². The van der Waals surface area contributed by atoms with Gasteiger partial charge >= 0.3 is 0 Å². The first-order valence-corrected chi connectivity index (χ1v) is 6.67. The van der Waals surface area contributed by atoms with Crippen molar-refractivity contribution >= 4 is 21.6 Å². The monoisotopic (exact) mass is 300 g/mol. The summed E-state index contributed by atoms with van der Waals surface area (Å²) in [6, 6.07) is 6.41. The molecule has 0 amide bonds. The van der Waals surface area contributed by atoms with Gasteiger partial charge in [0.2, 0.25) is 0 Å². The van der Waals surface area contributed by atoms with E-state index in [1.807, 2.05) is 0 Å². The van der Waals surface area contributed by atoms with Gasteiger partial charge in [-0.2, -0.15) is 0 Å². The van der Waals surface area contributed by atoms with Crippen molar-refractivity contribution in [2.24, 2.45) is 0 Å². The van der Waals surface area contributed by atoms with E-state index in [0.29, 0.717) is 0 Å². The van der Waals surface area contributed by atoms with Crippen molar-refractivity contribution in [1.82, 2.24) is 5.32 Å². The molecule has 0 heterocycles. The van der Waals surface area contributed by atoms with E-state index in [1.165, 1.54) is 11.3 Å². The first kappa shape index (κ1) is 14.5. The summed E-state index contributed by atoms with van der Waals surface area (Å²) in [5.41, 5.74) is 2.58. The van der Waals surface area contributed by atoms with Crippen LogP contribution >= 0.6 is 15.9 Å². The third kappa shape index (κ3) is 4.66. The number of hydrogen-bond donors (Lipinski definition) is 1. The summed E-state index contributed by atoms with van der Waals surface area (Å²) in [7, 11) is 3.83. The average molecular weight is 301 g/mol. The van der Waals surface area contributed by atoms with Crippen molar-refractivity contribution in [3.63, 3.8) is 0 Å². The number of halogens is 1. The van der Waals surface area contributed by atoms with Crippen LogP contribution in [0.4, 0.5) is 5.69 Å². The van der Waals surface area contributed by atoms with Crippen molar-refractivity contribution in [1.29, 1.82) is 0 Å². The van der Waals surface area contributed by atoms with Gasteiger partial charge in [-0.15, -0.1) is 0 Å². The highest BCUT2D eigenvalue weighted by molar-refractivity contribution is 9.10. The zero-order valence-electron chi connectivity index (χ0n) is 10.8. The summed E-state index contributed by atoms with van der Waals surface area (Å²) >= 11 is 3.52. The van der Waals surface area contributed by atoms with Crippen molar-refractivity contribution < 1.29 is 4.74 Å². The van der Waals surface area contributed by atoms with Crippen LogP contribution in [-0.4, -0.2) is 33.9 Å². The number of nitrogens with one attached hydrogen (secondary N) is 1. The lowest BCUT2D eigenvalue weighted by Crippen LogP contribution is -2.22. The van der Waals surface area contributed by atoms with Gasteiger partial charge < -0.3 is 15.0 Å². The normalized spacial score (nSPS) is 10.6. The third-order valence-electron chi connectivity index (χ3n) is 2.73. The third-order valence-corrected chi connectivity index (χ3v) is 3.22. The first-order valence-electron chi connectivity index (χ1n) is 5.88. The van der Waals surface area contributed by atoms with E-state index < -0.39 is 0 Å². The topological polar surface area (TPSA) is 24.5 Å².